The third-order valence-corrected chi connectivity index (χ3v) is 2.63. The third kappa shape index (κ3) is 3.58. The van der Waals surface area contributed by atoms with E-state index in [0.29, 0.717) is 12.4 Å². The SMILES string of the molecule is O=S(=O)(O)OCC[n+]1ccc(-c2ncn[nH]2)cc1. The fraction of sp³-hybridized carbons (Fsp3) is 0.222. The Labute approximate surface area is 103 Å². The maximum atomic E-state index is 10.3. The second-order valence-corrected chi connectivity index (χ2v) is 4.50. The molecule has 0 amide bonds. The van der Waals surface area contributed by atoms with Crippen LogP contribution in [-0.2, 0) is 21.1 Å². The minimum Gasteiger partial charge on any atom is -0.264 e. The summed E-state index contributed by atoms with van der Waals surface area (Å²) in [6.07, 6.45) is 4.90. The molecule has 0 aliphatic rings. The van der Waals surface area contributed by atoms with Crippen molar-refractivity contribution in [2.75, 3.05) is 6.61 Å². The molecule has 9 heteroatoms. The van der Waals surface area contributed by atoms with E-state index in [2.05, 4.69) is 19.4 Å². The van der Waals surface area contributed by atoms with Crippen LogP contribution in [0.2, 0.25) is 0 Å². The van der Waals surface area contributed by atoms with Gasteiger partial charge >= 0.3 is 10.4 Å². The molecule has 18 heavy (non-hydrogen) atoms. The number of aromatic nitrogens is 4. The van der Waals surface area contributed by atoms with Gasteiger partial charge in [0.1, 0.15) is 12.9 Å². The topological polar surface area (TPSA) is 109 Å². The molecule has 0 saturated carbocycles. The zero-order valence-electron chi connectivity index (χ0n) is 9.22. The predicted octanol–water partition coefficient (Wildman–Crippen LogP) is -0.421. The number of pyridine rings is 1. The summed E-state index contributed by atoms with van der Waals surface area (Å²) in [5.41, 5.74) is 0.861. The van der Waals surface area contributed by atoms with Crippen LogP contribution >= 0.6 is 0 Å². The first kappa shape index (κ1) is 12.6. The fourth-order valence-electron chi connectivity index (χ4n) is 1.36. The van der Waals surface area contributed by atoms with Crippen LogP contribution in [0.15, 0.2) is 30.9 Å². The van der Waals surface area contributed by atoms with Gasteiger partial charge in [-0.05, 0) is 0 Å². The molecule has 0 unspecified atom stereocenters. The van der Waals surface area contributed by atoms with E-state index in [0.717, 1.165) is 5.56 Å². The lowest BCUT2D eigenvalue weighted by Crippen LogP contribution is -2.35. The smallest absolute Gasteiger partial charge is 0.264 e. The summed E-state index contributed by atoms with van der Waals surface area (Å²) in [6.45, 7) is 0.168. The Bertz CT molecular complexity index is 594. The Hall–Kier alpha value is -1.84. The van der Waals surface area contributed by atoms with Crippen LogP contribution in [0.3, 0.4) is 0 Å². The molecule has 2 rings (SSSR count). The molecular weight excluding hydrogens is 260 g/mol. The molecule has 2 aromatic rings. The monoisotopic (exact) mass is 271 g/mol. The van der Waals surface area contributed by atoms with E-state index in [-0.39, 0.29) is 6.61 Å². The number of hydrogen-bond donors (Lipinski definition) is 2. The summed E-state index contributed by atoms with van der Waals surface area (Å²) >= 11 is 0. The molecule has 0 aliphatic heterocycles. The molecule has 0 atom stereocenters. The third-order valence-electron chi connectivity index (χ3n) is 2.16. The molecule has 0 radical (unpaired) electrons. The van der Waals surface area contributed by atoms with Crippen molar-refractivity contribution in [3.8, 4) is 11.4 Å². The van der Waals surface area contributed by atoms with Crippen molar-refractivity contribution in [3.05, 3.63) is 30.9 Å². The maximum absolute atomic E-state index is 10.3. The fourth-order valence-corrected chi connectivity index (χ4v) is 1.64. The van der Waals surface area contributed by atoms with Gasteiger partial charge in [-0.25, -0.2) is 13.7 Å². The molecule has 0 fully saturated rings. The second kappa shape index (κ2) is 5.21. The van der Waals surface area contributed by atoms with Crippen LogP contribution in [-0.4, -0.2) is 34.8 Å². The van der Waals surface area contributed by atoms with E-state index in [4.69, 9.17) is 4.55 Å². The molecule has 96 valence electrons. The predicted molar refractivity (Wildman–Crippen MR) is 59.5 cm³/mol. The minimum absolute atomic E-state index is 0.134. The second-order valence-electron chi connectivity index (χ2n) is 3.41. The lowest BCUT2D eigenvalue weighted by molar-refractivity contribution is -0.697. The summed E-state index contributed by atoms with van der Waals surface area (Å²) in [5.74, 6) is 0.649. The van der Waals surface area contributed by atoms with E-state index >= 15 is 0 Å². The molecular formula is C9H11N4O4S+. The van der Waals surface area contributed by atoms with Crippen LogP contribution in [0.1, 0.15) is 0 Å². The number of rotatable bonds is 5. The van der Waals surface area contributed by atoms with Gasteiger partial charge in [-0.2, -0.15) is 13.5 Å². The average molecular weight is 271 g/mol. The molecule has 0 saturated heterocycles. The highest BCUT2D eigenvalue weighted by Crippen LogP contribution is 2.09. The van der Waals surface area contributed by atoms with E-state index in [1.54, 1.807) is 29.1 Å². The highest BCUT2D eigenvalue weighted by atomic mass is 32.3. The zero-order chi connectivity index (χ0) is 13.0. The summed E-state index contributed by atoms with van der Waals surface area (Å²) < 4.78 is 35.0. The van der Waals surface area contributed by atoms with Crippen molar-refractivity contribution in [1.29, 1.82) is 0 Å². The molecule has 2 aromatic heterocycles. The Morgan fingerprint density at radius 2 is 2.11 bits per heavy atom. The first-order valence-electron chi connectivity index (χ1n) is 5.01. The van der Waals surface area contributed by atoms with Crippen molar-refractivity contribution < 1.29 is 21.7 Å². The lowest BCUT2D eigenvalue weighted by Gasteiger charge is -1.98. The average Bonchev–Trinajstić information content (AvgIpc) is 2.82. The largest absolute Gasteiger partial charge is 0.397 e. The van der Waals surface area contributed by atoms with E-state index in [9.17, 15) is 8.42 Å². The van der Waals surface area contributed by atoms with E-state index in [1.807, 2.05) is 0 Å². The van der Waals surface area contributed by atoms with E-state index < -0.39 is 10.4 Å². The highest BCUT2D eigenvalue weighted by Gasteiger charge is 2.08. The van der Waals surface area contributed by atoms with Crippen molar-refractivity contribution in [3.63, 3.8) is 0 Å². The summed E-state index contributed by atoms with van der Waals surface area (Å²) in [5, 5.41) is 6.47. The maximum Gasteiger partial charge on any atom is 0.397 e. The van der Waals surface area contributed by atoms with Crippen molar-refractivity contribution in [2.24, 2.45) is 0 Å². The van der Waals surface area contributed by atoms with E-state index in [1.165, 1.54) is 6.33 Å². The molecule has 2 heterocycles. The highest BCUT2D eigenvalue weighted by molar-refractivity contribution is 7.80. The molecule has 0 aliphatic carbocycles. The minimum atomic E-state index is -4.37. The Morgan fingerprint density at radius 1 is 1.39 bits per heavy atom. The van der Waals surface area contributed by atoms with Crippen LogP contribution in [0.5, 0.6) is 0 Å². The first-order valence-corrected chi connectivity index (χ1v) is 6.38. The lowest BCUT2D eigenvalue weighted by atomic mass is 10.2. The summed E-state index contributed by atoms with van der Waals surface area (Å²) in [7, 11) is -4.37. The first-order chi connectivity index (χ1) is 8.54. The van der Waals surface area contributed by atoms with Gasteiger partial charge in [0.2, 0.25) is 0 Å². The van der Waals surface area contributed by atoms with Crippen molar-refractivity contribution in [1.82, 2.24) is 15.2 Å². The Balaban J connectivity index is 1.96. The summed E-state index contributed by atoms with van der Waals surface area (Å²) in [4.78, 5) is 4.00. The summed E-state index contributed by atoms with van der Waals surface area (Å²) in [6, 6.07) is 3.60. The van der Waals surface area contributed by atoms with Crippen molar-refractivity contribution in [2.45, 2.75) is 6.54 Å². The Kier molecular flexibility index (Phi) is 3.65. The molecule has 2 N–H and O–H groups in total. The van der Waals surface area contributed by atoms with Crippen LogP contribution < -0.4 is 4.57 Å². The van der Waals surface area contributed by atoms with Gasteiger partial charge in [-0.15, -0.1) is 0 Å². The molecule has 0 spiro atoms. The van der Waals surface area contributed by atoms with Crippen LogP contribution in [0.4, 0.5) is 0 Å². The molecule has 8 nitrogen and oxygen atoms in total. The van der Waals surface area contributed by atoms with Gasteiger partial charge in [0, 0.05) is 17.7 Å². The number of nitrogens with zero attached hydrogens (tertiary/aromatic N) is 3. The quantitative estimate of drug-likeness (QED) is 0.564. The normalized spacial score (nSPS) is 11.6. The number of H-pyrrole nitrogens is 1. The number of aromatic amines is 1. The van der Waals surface area contributed by atoms with Gasteiger partial charge in [0.05, 0.1) is 0 Å². The zero-order valence-corrected chi connectivity index (χ0v) is 10.0. The van der Waals surface area contributed by atoms with Crippen molar-refractivity contribution >= 4 is 10.4 Å². The van der Waals surface area contributed by atoms with Gasteiger partial charge < -0.3 is 0 Å². The van der Waals surface area contributed by atoms with Gasteiger partial charge in [0.15, 0.2) is 24.8 Å². The van der Waals surface area contributed by atoms with Crippen LogP contribution in [0, 0.1) is 0 Å². The number of hydrogen-bond acceptors (Lipinski definition) is 5. The van der Waals surface area contributed by atoms with Gasteiger partial charge in [0.25, 0.3) is 0 Å². The molecule has 0 aromatic carbocycles. The standard InChI is InChI=1S/C9H10N4O4S/c14-18(15,16)17-6-5-13-3-1-8(2-4-13)9-10-7-11-12-9/h1-4,7H,5-6H2,(H,14,15,16)/p+1. The Morgan fingerprint density at radius 3 is 2.67 bits per heavy atom. The van der Waals surface area contributed by atoms with Crippen LogP contribution in [0.25, 0.3) is 11.4 Å². The van der Waals surface area contributed by atoms with Gasteiger partial charge in [-0.3, -0.25) is 9.65 Å². The molecule has 0 bridgehead atoms. The number of nitrogens with one attached hydrogen (secondary N) is 1. The van der Waals surface area contributed by atoms with Gasteiger partial charge in [-0.1, -0.05) is 0 Å².